The van der Waals surface area contributed by atoms with Gasteiger partial charge in [-0.25, -0.2) is 0 Å². The van der Waals surface area contributed by atoms with Gasteiger partial charge in [-0.3, -0.25) is 0 Å². The minimum atomic E-state index is 0.538. The highest BCUT2D eigenvalue weighted by atomic mass is 14.9. The Hall–Kier alpha value is -2.57. The summed E-state index contributed by atoms with van der Waals surface area (Å²) in [6.45, 7) is 1.23. The van der Waals surface area contributed by atoms with Crippen molar-refractivity contribution in [2.24, 2.45) is 5.73 Å². The van der Waals surface area contributed by atoms with E-state index in [2.05, 4.69) is 41.1 Å². The van der Waals surface area contributed by atoms with Gasteiger partial charge in [-0.15, -0.1) is 0 Å². The Morgan fingerprint density at radius 2 is 1.95 bits per heavy atom. The van der Waals surface area contributed by atoms with Gasteiger partial charge < -0.3 is 10.3 Å². The van der Waals surface area contributed by atoms with Gasteiger partial charge >= 0.3 is 0 Å². The summed E-state index contributed by atoms with van der Waals surface area (Å²) in [5, 5.41) is 10.4. The number of benzene rings is 2. The van der Waals surface area contributed by atoms with Crippen LogP contribution in [0.5, 0.6) is 0 Å². The van der Waals surface area contributed by atoms with Crippen molar-refractivity contribution in [1.82, 2.24) is 4.57 Å². The Morgan fingerprint density at radius 3 is 2.75 bits per heavy atom. The van der Waals surface area contributed by atoms with E-state index in [4.69, 9.17) is 11.0 Å². The van der Waals surface area contributed by atoms with Crippen LogP contribution in [0.25, 0.3) is 10.9 Å². The third-order valence-electron chi connectivity index (χ3n) is 3.55. The molecule has 3 aromatic rings. The lowest BCUT2D eigenvalue weighted by molar-refractivity contribution is 0.833. The van der Waals surface area contributed by atoms with Crippen LogP contribution in [0, 0.1) is 11.3 Å². The third kappa shape index (κ3) is 2.18. The van der Waals surface area contributed by atoms with Crippen LogP contribution < -0.4 is 5.73 Å². The monoisotopic (exact) mass is 261 g/mol. The SMILES string of the molecule is N#Cc1ccccc1Cn1ccc2ccc(CN)cc21. The molecule has 0 atom stereocenters. The molecule has 98 valence electrons. The van der Waals surface area contributed by atoms with Crippen molar-refractivity contribution in [2.75, 3.05) is 0 Å². The van der Waals surface area contributed by atoms with Crippen LogP contribution in [0.1, 0.15) is 16.7 Å². The molecule has 3 nitrogen and oxygen atoms in total. The lowest BCUT2D eigenvalue weighted by Crippen LogP contribution is -2.01. The van der Waals surface area contributed by atoms with Gasteiger partial charge in [0.2, 0.25) is 0 Å². The molecular weight excluding hydrogens is 246 g/mol. The Labute approximate surface area is 117 Å². The quantitative estimate of drug-likeness (QED) is 0.788. The maximum atomic E-state index is 9.17. The van der Waals surface area contributed by atoms with Gasteiger partial charge in [0.1, 0.15) is 0 Å². The molecule has 0 aliphatic rings. The van der Waals surface area contributed by atoms with Gasteiger partial charge in [-0.2, -0.15) is 5.26 Å². The number of hydrogen-bond acceptors (Lipinski definition) is 2. The molecule has 0 spiro atoms. The molecule has 2 aromatic carbocycles. The van der Waals surface area contributed by atoms with E-state index < -0.39 is 0 Å². The first-order valence-corrected chi connectivity index (χ1v) is 6.57. The van der Waals surface area contributed by atoms with Crippen molar-refractivity contribution in [1.29, 1.82) is 5.26 Å². The van der Waals surface area contributed by atoms with Gasteiger partial charge in [-0.1, -0.05) is 30.3 Å². The molecule has 0 saturated carbocycles. The molecule has 0 unspecified atom stereocenters. The Kier molecular flexibility index (Phi) is 3.24. The fourth-order valence-corrected chi connectivity index (χ4v) is 2.45. The van der Waals surface area contributed by atoms with E-state index in [1.54, 1.807) is 0 Å². The fraction of sp³-hybridized carbons (Fsp3) is 0.118. The van der Waals surface area contributed by atoms with E-state index in [1.807, 2.05) is 24.3 Å². The topological polar surface area (TPSA) is 54.7 Å². The van der Waals surface area contributed by atoms with Crippen LogP contribution in [0.3, 0.4) is 0 Å². The highest BCUT2D eigenvalue weighted by Gasteiger charge is 2.05. The van der Waals surface area contributed by atoms with Crippen LogP contribution in [-0.2, 0) is 13.1 Å². The van der Waals surface area contributed by atoms with Crippen molar-refractivity contribution < 1.29 is 0 Å². The van der Waals surface area contributed by atoms with E-state index in [0.717, 1.165) is 22.2 Å². The van der Waals surface area contributed by atoms with Crippen molar-refractivity contribution >= 4 is 10.9 Å². The number of nitrogens with two attached hydrogens (primary N) is 1. The third-order valence-corrected chi connectivity index (χ3v) is 3.55. The van der Waals surface area contributed by atoms with E-state index >= 15 is 0 Å². The number of rotatable bonds is 3. The summed E-state index contributed by atoms with van der Waals surface area (Å²) in [7, 11) is 0. The molecule has 1 aromatic heterocycles. The number of nitrogens with zero attached hydrogens (tertiary/aromatic N) is 2. The van der Waals surface area contributed by atoms with Crippen molar-refractivity contribution in [3.63, 3.8) is 0 Å². The summed E-state index contributed by atoms with van der Waals surface area (Å²) in [6.07, 6.45) is 2.05. The zero-order valence-electron chi connectivity index (χ0n) is 11.1. The Morgan fingerprint density at radius 1 is 1.10 bits per heavy atom. The molecule has 0 amide bonds. The molecule has 0 aliphatic carbocycles. The van der Waals surface area contributed by atoms with E-state index in [9.17, 15) is 0 Å². The van der Waals surface area contributed by atoms with E-state index in [-0.39, 0.29) is 0 Å². The molecule has 3 rings (SSSR count). The first kappa shape index (κ1) is 12.5. The molecule has 0 saturated heterocycles. The summed E-state index contributed by atoms with van der Waals surface area (Å²) >= 11 is 0. The molecule has 0 radical (unpaired) electrons. The van der Waals surface area contributed by atoms with Crippen LogP contribution in [0.15, 0.2) is 54.7 Å². The van der Waals surface area contributed by atoms with Gasteiger partial charge in [-0.05, 0) is 34.7 Å². The second kappa shape index (κ2) is 5.20. The number of fused-ring (bicyclic) bond motifs is 1. The lowest BCUT2D eigenvalue weighted by atomic mass is 10.1. The van der Waals surface area contributed by atoms with Crippen LogP contribution in [0.4, 0.5) is 0 Å². The summed E-state index contributed by atoms with van der Waals surface area (Å²) < 4.78 is 2.16. The van der Waals surface area contributed by atoms with Crippen molar-refractivity contribution in [3.05, 3.63) is 71.4 Å². The Bertz CT molecular complexity index is 793. The fourth-order valence-electron chi connectivity index (χ4n) is 2.45. The average molecular weight is 261 g/mol. The molecule has 3 heteroatoms. The molecule has 2 N–H and O–H groups in total. The van der Waals surface area contributed by atoms with Crippen LogP contribution >= 0.6 is 0 Å². The average Bonchev–Trinajstić information content (AvgIpc) is 2.90. The summed E-state index contributed by atoms with van der Waals surface area (Å²) in [4.78, 5) is 0. The van der Waals surface area contributed by atoms with Crippen molar-refractivity contribution in [2.45, 2.75) is 13.1 Å². The molecule has 20 heavy (non-hydrogen) atoms. The lowest BCUT2D eigenvalue weighted by Gasteiger charge is -2.08. The number of hydrogen-bond donors (Lipinski definition) is 1. The second-order valence-electron chi connectivity index (χ2n) is 4.81. The minimum Gasteiger partial charge on any atom is -0.343 e. The number of nitriles is 1. The van der Waals surface area contributed by atoms with Gasteiger partial charge in [0, 0.05) is 24.8 Å². The smallest absolute Gasteiger partial charge is 0.0995 e. The first-order valence-electron chi connectivity index (χ1n) is 6.57. The van der Waals surface area contributed by atoms with Gasteiger partial charge in [0.25, 0.3) is 0 Å². The predicted octanol–water partition coefficient (Wildman–Crippen LogP) is 3.02. The maximum absolute atomic E-state index is 9.17. The van der Waals surface area contributed by atoms with Crippen LogP contribution in [0.2, 0.25) is 0 Å². The molecule has 0 bridgehead atoms. The second-order valence-corrected chi connectivity index (χ2v) is 4.81. The zero-order chi connectivity index (χ0) is 13.9. The molecule has 0 fully saturated rings. The van der Waals surface area contributed by atoms with Gasteiger partial charge in [0.05, 0.1) is 11.6 Å². The summed E-state index contributed by atoms with van der Waals surface area (Å²) in [5.41, 5.74) is 9.73. The first-order chi connectivity index (χ1) is 9.81. The molecular formula is C17H15N3. The minimum absolute atomic E-state index is 0.538. The summed E-state index contributed by atoms with van der Waals surface area (Å²) in [5.74, 6) is 0. The van der Waals surface area contributed by atoms with E-state index in [1.165, 1.54) is 5.39 Å². The predicted molar refractivity (Wildman–Crippen MR) is 80.1 cm³/mol. The molecule has 0 aliphatic heterocycles. The summed E-state index contributed by atoms with van der Waals surface area (Å²) in [6, 6.07) is 18.3. The van der Waals surface area contributed by atoms with Crippen LogP contribution in [-0.4, -0.2) is 4.57 Å². The van der Waals surface area contributed by atoms with E-state index in [0.29, 0.717) is 13.1 Å². The highest BCUT2D eigenvalue weighted by molar-refractivity contribution is 5.81. The highest BCUT2D eigenvalue weighted by Crippen LogP contribution is 2.20. The number of aromatic nitrogens is 1. The maximum Gasteiger partial charge on any atom is 0.0995 e. The van der Waals surface area contributed by atoms with Crippen molar-refractivity contribution in [3.8, 4) is 6.07 Å². The largest absolute Gasteiger partial charge is 0.343 e. The van der Waals surface area contributed by atoms with Gasteiger partial charge in [0.15, 0.2) is 0 Å². The Balaban J connectivity index is 2.05. The molecule has 1 heterocycles. The standard InChI is InChI=1S/C17H15N3/c18-10-13-5-6-14-7-8-20(17(14)9-13)12-16-4-2-1-3-15(16)11-19/h1-9H,10,12,18H2. The zero-order valence-corrected chi connectivity index (χ0v) is 11.1. The normalized spacial score (nSPS) is 10.6.